The van der Waals surface area contributed by atoms with Gasteiger partial charge in [-0.05, 0) is 17.5 Å². The maximum atomic E-state index is 12.7. The van der Waals surface area contributed by atoms with Crippen LogP contribution in [0.15, 0.2) is 48.7 Å². The van der Waals surface area contributed by atoms with Crippen LogP contribution >= 0.6 is 0 Å². The van der Waals surface area contributed by atoms with Crippen molar-refractivity contribution in [3.05, 3.63) is 59.8 Å². The van der Waals surface area contributed by atoms with Gasteiger partial charge in [0.15, 0.2) is 0 Å². The van der Waals surface area contributed by atoms with Crippen LogP contribution in [-0.2, 0) is 17.9 Å². The molecule has 1 atom stereocenters. The number of anilines is 1. The molecule has 2 aromatic rings. The smallest absolute Gasteiger partial charge is 0.315 e. The van der Waals surface area contributed by atoms with Crippen LogP contribution in [0.3, 0.4) is 0 Å². The average molecular weight is 383 g/mol. The number of hydrogen-bond acceptors (Lipinski definition) is 4. The van der Waals surface area contributed by atoms with Crippen LogP contribution in [0, 0.1) is 5.92 Å². The molecule has 7 nitrogen and oxygen atoms in total. The Morgan fingerprint density at radius 1 is 1.00 bits per heavy atom. The number of carbonyl (C=O) groups is 2. The topological polar surface area (TPSA) is 86.4 Å². The summed E-state index contributed by atoms with van der Waals surface area (Å²) in [7, 11) is 3.81. The van der Waals surface area contributed by atoms with Crippen molar-refractivity contribution < 1.29 is 9.59 Å². The Hall–Kier alpha value is -3.09. The fraction of sp³-hybridized carbons (Fsp3) is 0.381. The molecule has 2 rings (SSSR count). The molecular weight excluding hydrogens is 354 g/mol. The first-order chi connectivity index (χ1) is 13.4. The van der Waals surface area contributed by atoms with Gasteiger partial charge in [-0.15, -0.1) is 0 Å². The lowest BCUT2D eigenvalue weighted by Gasteiger charge is -2.23. The summed E-state index contributed by atoms with van der Waals surface area (Å²) < 4.78 is 0. The number of urea groups is 1. The second-order valence-corrected chi connectivity index (χ2v) is 7.13. The Morgan fingerprint density at radius 3 is 2.36 bits per heavy atom. The maximum absolute atomic E-state index is 12.7. The van der Waals surface area contributed by atoms with Crippen molar-refractivity contribution in [2.24, 2.45) is 5.92 Å². The first-order valence-electron chi connectivity index (χ1n) is 9.35. The lowest BCUT2D eigenvalue weighted by atomic mass is 10.0. The van der Waals surface area contributed by atoms with E-state index >= 15 is 0 Å². The van der Waals surface area contributed by atoms with Crippen molar-refractivity contribution in [2.45, 2.75) is 33.0 Å². The Morgan fingerprint density at radius 2 is 1.71 bits per heavy atom. The molecule has 0 radical (unpaired) electrons. The summed E-state index contributed by atoms with van der Waals surface area (Å²) in [6.45, 7) is 4.55. The molecule has 3 amide bonds. The minimum Gasteiger partial charge on any atom is -0.362 e. The molecule has 0 fully saturated rings. The molecule has 3 N–H and O–H groups in total. The fourth-order valence-electron chi connectivity index (χ4n) is 2.77. The minimum absolute atomic E-state index is 0.0512. The number of carbonyl (C=O) groups excluding carboxylic acids is 2. The van der Waals surface area contributed by atoms with Gasteiger partial charge in [-0.3, -0.25) is 4.79 Å². The largest absolute Gasteiger partial charge is 0.362 e. The van der Waals surface area contributed by atoms with Gasteiger partial charge in [-0.1, -0.05) is 50.2 Å². The molecular formula is C21H29N5O2. The summed E-state index contributed by atoms with van der Waals surface area (Å²) in [4.78, 5) is 31.1. The number of benzene rings is 1. The first kappa shape index (κ1) is 21.2. The van der Waals surface area contributed by atoms with E-state index in [1.807, 2.05) is 75.3 Å². The number of nitrogens with zero attached hydrogens (tertiary/aromatic N) is 2. The standard InChI is InChI=1S/C21H29N5O2/c1-15(2)18(25-21(28)24-13-16-9-6-5-7-10-16)20(27)23-14-17-11-8-12-22-19(17)26(3)4/h5-12,15,18H,13-14H2,1-4H3,(H,23,27)(H2,24,25,28). The van der Waals surface area contributed by atoms with Crippen molar-refractivity contribution in [3.8, 4) is 0 Å². The van der Waals surface area contributed by atoms with Gasteiger partial charge in [0.05, 0.1) is 0 Å². The molecule has 0 saturated carbocycles. The van der Waals surface area contributed by atoms with Gasteiger partial charge in [0.2, 0.25) is 5.91 Å². The van der Waals surface area contributed by atoms with E-state index in [0.29, 0.717) is 13.1 Å². The van der Waals surface area contributed by atoms with E-state index in [1.54, 1.807) is 6.20 Å². The molecule has 1 aromatic heterocycles. The average Bonchev–Trinajstić information content (AvgIpc) is 2.69. The Labute approximate surface area is 166 Å². The highest BCUT2D eigenvalue weighted by molar-refractivity contribution is 5.87. The summed E-state index contributed by atoms with van der Waals surface area (Å²) in [5.74, 6) is 0.528. The van der Waals surface area contributed by atoms with Crippen molar-refractivity contribution in [2.75, 3.05) is 19.0 Å². The number of hydrogen-bond donors (Lipinski definition) is 3. The van der Waals surface area contributed by atoms with E-state index < -0.39 is 6.04 Å². The van der Waals surface area contributed by atoms with Crippen LogP contribution in [0.1, 0.15) is 25.0 Å². The lowest BCUT2D eigenvalue weighted by molar-refractivity contribution is -0.124. The summed E-state index contributed by atoms with van der Waals surface area (Å²) >= 11 is 0. The molecule has 0 bridgehead atoms. The molecule has 1 aromatic carbocycles. The molecule has 7 heteroatoms. The SMILES string of the molecule is CC(C)C(NC(=O)NCc1ccccc1)C(=O)NCc1cccnc1N(C)C. The zero-order chi connectivity index (χ0) is 20.5. The maximum Gasteiger partial charge on any atom is 0.315 e. The molecule has 0 saturated heterocycles. The van der Waals surface area contributed by atoms with Crippen LogP contribution in [0.2, 0.25) is 0 Å². The van der Waals surface area contributed by atoms with Crippen molar-refractivity contribution in [1.82, 2.24) is 20.9 Å². The van der Waals surface area contributed by atoms with Gasteiger partial charge in [0, 0.05) is 38.9 Å². The number of rotatable bonds is 8. The van der Waals surface area contributed by atoms with Gasteiger partial charge in [0.25, 0.3) is 0 Å². The quantitative estimate of drug-likeness (QED) is 0.653. The van der Waals surface area contributed by atoms with E-state index in [2.05, 4.69) is 20.9 Å². The highest BCUT2D eigenvalue weighted by atomic mass is 16.2. The highest BCUT2D eigenvalue weighted by Gasteiger charge is 2.24. The lowest BCUT2D eigenvalue weighted by Crippen LogP contribution is -2.52. The molecule has 0 aliphatic heterocycles. The second-order valence-electron chi connectivity index (χ2n) is 7.13. The van der Waals surface area contributed by atoms with Gasteiger partial charge >= 0.3 is 6.03 Å². The van der Waals surface area contributed by atoms with Crippen LogP contribution in [0.25, 0.3) is 0 Å². The molecule has 1 unspecified atom stereocenters. The minimum atomic E-state index is -0.629. The van der Waals surface area contributed by atoms with E-state index in [-0.39, 0.29) is 17.9 Å². The van der Waals surface area contributed by atoms with E-state index in [9.17, 15) is 9.59 Å². The fourth-order valence-corrected chi connectivity index (χ4v) is 2.77. The summed E-state index contributed by atoms with van der Waals surface area (Å²) in [5, 5.41) is 8.47. The second kappa shape index (κ2) is 10.3. The zero-order valence-electron chi connectivity index (χ0n) is 16.9. The number of nitrogens with one attached hydrogen (secondary N) is 3. The monoisotopic (exact) mass is 383 g/mol. The highest BCUT2D eigenvalue weighted by Crippen LogP contribution is 2.14. The third kappa shape index (κ3) is 6.26. The molecule has 1 heterocycles. The molecule has 0 aliphatic carbocycles. The number of amides is 3. The van der Waals surface area contributed by atoms with Crippen molar-refractivity contribution in [3.63, 3.8) is 0 Å². The van der Waals surface area contributed by atoms with E-state index in [4.69, 9.17) is 0 Å². The van der Waals surface area contributed by atoms with Crippen LogP contribution in [0.4, 0.5) is 10.6 Å². The van der Waals surface area contributed by atoms with Crippen molar-refractivity contribution >= 4 is 17.8 Å². The normalized spacial score (nSPS) is 11.6. The molecule has 28 heavy (non-hydrogen) atoms. The Kier molecular flexibility index (Phi) is 7.80. The third-order valence-electron chi connectivity index (χ3n) is 4.28. The zero-order valence-corrected chi connectivity index (χ0v) is 16.9. The van der Waals surface area contributed by atoms with E-state index in [0.717, 1.165) is 16.9 Å². The van der Waals surface area contributed by atoms with Crippen LogP contribution in [0.5, 0.6) is 0 Å². The Balaban J connectivity index is 1.92. The molecule has 0 spiro atoms. The summed E-state index contributed by atoms with van der Waals surface area (Å²) in [6, 6.07) is 12.4. The number of pyridine rings is 1. The number of aromatic nitrogens is 1. The van der Waals surface area contributed by atoms with Crippen LogP contribution in [-0.4, -0.2) is 37.1 Å². The third-order valence-corrected chi connectivity index (χ3v) is 4.28. The predicted molar refractivity (Wildman–Crippen MR) is 111 cm³/mol. The first-order valence-corrected chi connectivity index (χ1v) is 9.35. The van der Waals surface area contributed by atoms with Crippen molar-refractivity contribution in [1.29, 1.82) is 0 Å². The van der Waals surface area contributed by atoms with Gasteiger partial charge in [-0.25, -0.2) is 9.78 Å². The van der Waals surface area contributed by atoms with Gasteiger partial charge in [0.1, 0.15) is 11.9 Å². The molecule has 0 aliphatic rings. The van der Waals surface area contributed by atoms with Crippen LogP contribution < -0.4 is 20.9 Å². The molecule has 150 valence electrons. The summed E-state index contributed by atoms with van der Waals surface area (Å²) in [6.07, 6.45) is 1.72. The van der Waals surface area contributed by atoms with Gasteiger partial charge < -0.3 is 20.9 Å². The Bertz CT molecular complexity index is 777. The predicted octanol–water partition coefficient (Wildman–Crippen LogP) is 2.29. The van der Waals surface area contributed by atoms with E-state index in [1.165, 1.54) is 0 Å². The van der Waals surface area contributed by atoms with Gasteiger partial charge in [-0.2, -0.15) is 0 Å². The summed E-state index contributed by atoms with van der Waals surface area (Å²) in [5.41, 5.74) is 1.91.